The summed E-state index contributed by atoms with van der Waals surface area (Å²) in [5.74, 6) is -1.20. The summed E-state index contributed by atoms with van der Waals surface area (Å²) in [6, 6.07) is 5.20. The molecule has 0 spiro atoms. The van der Waals surface area contributed by atoms with Gasteiger partial charge in [0.05, 0.1) is 12.2 Å². The summed E-state index contributed by atoms with van der Waals surface area (Å²) in [5, 5.41) is 0. The van der Waals surface area contributed by atoms with E-state index in [4.69, 9.17) is 0 Å². The average Bonchev–Trinajstić information content (AvgIpc) is 3.06. The molecule has 1 aromatic carbocycles. The Labute approximate surface area is 134 Å². The summed E-state index contributed by atoms with van der Waals surface area (Å²) in [6.07, 6.45) is 2.27. The molecule has 0 atom stereocenters. The van der Waals surface area contributed by atoms with E-state index >= 15 is 0 Å². The highest BCUT2D eigenvalue weighted by molar-refractivity contribution is 5.99. The van der Waals surface area contributed by atoms with Gasteiger partial charge in [0.2, 0.25) is 0 Å². The number of carbonyl (C=O) groups is 1. The number of nitrogens with zero attached hydrogens (tertiary/aromatic N) is 2. The smallest absolute Gasteiger partial charge is 0.178 e. The lowest BCUT2D eigenvalue weighted by Gasteiger charge is -2.14. The van der Waals surface area contributed by atoms with Gasteiger partial charge in [-0.1, -0.05) is 0 Å². The molecule has 1 saturated heterocycles. The third-order valence-electron chi connectivity index (χ3n) is 4.40. The largest absolute Gasteiger partial charge is 0.318 e. The topological polar surface area (TPSA) is 25.2 Å². The predicted molar refractivity (Wildman–Crippen MR) is 85.2 cm³/mol. The van der Waals surface area contributed by atoms with Crippen molar-refractivity contribution >= 4 is 5.78 Å². The maximum absolute atomic E-state index is 13.5. The number of rotatable bonds is 4. The van der Waals surface area contributed by atoms with Crippen LogP contribution in [0.2, 0.25) is 0 Å². The zero-order chi connectivity index (χ0) is 16.6. The van der Waals surface area contributed by atoms with Crippen LogP contribution in [0.15, 0.2) is 24.3 Å². The fraction of sp³-hybridized carbons (Fsp3) is 0.389. The quantitative estimate of drug-likeness (QED) is 0.804. The van der Waals surface area contributed by atoms with Crippen molar-refractivity contribution < 1.29 is 13.6 Å². The molecule has 0 saturated carbocycles. The maximum atomic E-state index is 13.5. The maximum Gasteiger partial charge on any atom is 0.178 e. The van der Waals surface area contributed by atoms with Crippen molar-refractivity contribution in [3.05, 3.63) is 52.9 Å². The Hall–Kier alpha value is -2.01. The molecule has 1 aliphatic heterocycles. The van der Waals surface area contributed by atoms with Gasteiger partial charge in [0.1, 0.15) is 11.6 Å². The highest BCUT2D eigenvalue weighted by Gasteiger charge is 2.21. The standard InChI is InChI=1S/C18H20F2N2O/c1-12-7-17(18(23)11-21-5-3-4-6-21)13(2)22(12)16-9-14(19)8-15(20)10-16/h7-10H,3-6,11H2,1-2H3. The first-order valence-corrected chi connectivity index (χ1v) is 7.86. The fourth-order valence-electron chi connectivity index (χ4n) is 3.34. The molecule has 122 valence electrons. The summed E-state index contributed by atoms with van der Waals surface area (Å²) in [7, 11) is 0. The SMILES string of the molecule is Cc1cc(C(=O)CN2CCCC2)c(C)n1-c1cc(F)cc(F)c1. The monoisotopic (exact) mass is 318 g/mol. The molecule has 0 radical (unpaired) electrons. The van der Waals surface area contributed by atoms with Crippen molar-refractivity contribution in [3.63, 3.8) is 0 Å². The molecule has 3 nitrogen and oxygen atoms in total. The normalized spacial score (nSPS) is 15.3. The van der Waals surface area contributed by atoms with E-state index < -0.39 is 11.6 Å². The predicted octanol–water partition coefficient (Wildman–Crippen LogP) is 3.65. The van der Waals surface area contributed by atoms with Crippen molar-refractivity contribution in [1.29, 1.82) is 0 Å². The lowest BCUT2D eigenvalue weighted by atomic mass is 10.1. The molecule has 23 heavy (non-hydrogen) atoms. The average molecular weight is 318 g/mol. The number of halogens is 2. The second-order valence-electron chi connectivity index (χ2n) is 6.15. The summed E-state index contributed by atoms with van der Waals surface area (Å²) in [5.41, 5.74) is 2.53. The van der Waals surface area contributed by atoms with Crippen LogP contribution in [-0.4, -0.2) is 34.9 Å². The van der Waals surface area contributed by atoms with Gasteiger partial charge >= 0.3 is 0 Å². The molecule has 0 unspecified atom stereocenters. The number of hydrogen-bond donors (Lipinski definition) is 0. The van der Waals surface area contributed by atoms with Gasteiger partial charge in [-0.05, 0) is 58.0 Å². The highest BCUT2D eigenvalue weighted by Crippen LogP contribution is 2.23. The van der Waals surface area contributed by atoms with E-state index in [0.29, 0.717) is 17.8 Å². The molecule has 5 heteroatoms. The van der Waals surface area contributed by atoms with Gasteiger partial charge < -0.3 is 4.57 Å². The van der Waals surface area contributed by atoms with Crippen LogP contribution in [-0.2, 0) is 0 Å². The van der Waals surface area contributed by atoms with Crippen molar-refractivity contribution in [1.82, 2.24) is 9.47 Å². The summed E-state index contributed by atoms with van der Waals surface area (Å²) >= 11 is 0. The zero-order valence-corrected chi connectivity index (χ0v) is 13.4. The Balaban J connectivity index is 1.94. The molecular formula is C18H20F2N2O. The van der Waals surface area contributed by atoms with E-state index in [-0.39, 0.29) is 5.78 Å². The van der Waals surface area contributed by atoms with Crippen molar-refractivity contribution in [2.45, 2.75) is 26.7 Å². The van der Waals surface area contributed by atoms with Gasteiger partial charge in [0.25, 0.3) is 0 Å². The number of benzene rings is 1. The van der Waals surface area contributed by atoms with Gasteiger partial charge in [-0.3, -0.25) is 9.69 Å². The third-order valence-corrected chi connectivity index (χ3v) is 4.40. The molecular weight excluding hydrogens is 298 g/mol. The molecule has 2 aromatic rings. The highest BCUT2D eigenvalue weighted by atomic mass is 19.1. The Bertz CT molecular complexity index is 725. The first-order chi connectivity index (χ1) is 11.0. The van der Waals surface area contributed by atoms with Crippen LogP contribution in [0, 0.1) is 25.5 Å². The molecule has 1 aliphatic rings. The third kappa shape index (κ3) is 3.20. The molecule has 0 bridgehead atoms. The van der Waals surface area contributed by atoms with E-state index in [9.17, 15) is 13.6 Å². The molecule has 0 N–H and O–H groups in total. The molecule has 2 heterocycles. The number of hydrogen-bond acceptors (Lipinski definition) is 2. The van der Waals surface area contributed by atoms with Crippen LogP contribution >= 0.6 is 0 Å². The second-order valence-corrected chi connectivity index (χ2v) is 6.15. The summed E-state index contributed by atoms with van der Waals surface area (Å²) in [6.45, 7) is 5.97. The number of aryl methyl sites for hydroxylation is 1. The van der Waals surface area contributed by atoms with Crippen LogP contribution < -0.4 is 0 Å². The van der Waals surface area contributed by atoms with E-state index in [1.165, 1.54) is 12.1 Å². The van der Waals surface area contributed by atoms with Gasteiger partial charge in [-0.15, -0.1) is 0 Å². The van der Waals surface area contributed by atoms with Crippen LogP contribution in [0.5, 0.6) is 0 Å². The van der Waals surface area contributed by atoms with Crippen molar-refractivity contribution in [2.75, 3.05) is 19.6 Å². The first kappa shape index (κ1) is 15.9. The fourth-order valence-corrected chi connectivity index (χ4v) is 3.34. The van der Waals surface area contributed by atoms with Crippen LogP contribution in [0.3, 0.4) is 0 Å². The Morgan fingerprint density at radius 2 is 1.65 bits per heavy atom. The zero-order valence-electron chi connectivity index (χ0n) is 13.4. The first-order valence-electron chi connectivity index (χ1n) is 7.86. The van der Waals surface area contributed by atoms with Crippen LogP contribution in [0.25, 0.3) is 5.69 Å². The number of ketones is 1. The Morgan fingerprint density at radius 1 is 1.04 bits per heavy atom. The molecule has 1 fully saturated rings. The molecule has 0 aliphatic carbocycles. The summed E-state index contributed by atoms with van der Waals surface area (Å²) in [4.78, 5) is 14.7. The number of likely N-dealkylation sites (tertiary alicyclic amines) is 1. The van der Waals surface area contributed by atoms with E-state index in [2.05, 4.69) is 4.90 Å². The molecule has 0 amide bonds. The lowest BCUT2D eigenvalue weighted by Crippen LogP contribution is -2.27. The van der Waals surface area contributed by atoms with Crippen molar-refractivity contribution in [3.8, 4) is 5.69 Å². The Kier molecular flexibility index (Phi) is 4.31. The van der Waals surface area contributed by atoms with E-state index in [0.717, 1.165) is 43.4 Å². The second kappa shape index (κ2) is 6.24. The molecule has 3 rings (SSSR count). The van der Waals surface area contributed by atoms with Gasteiger partial charge in [0, 0.05) is 23.0 Å². The minimum Gasteiger partial charge on any atom is -0.318 e. The number of aromatic nitrogens is 1. The van der Waals surface area contributed by atoms with Crippen LogP contribution in [0.4, 0.5) is 8.78 Å². The Morgan fingerprint density at radius 3 is 2.26 bits per heavy atom. The van der Waals surface area contributed by atoms with E-state index in [1.54, 1.807) is 10.6 Å². The van der Waals surface area contributed by atoms with Gasteiger partial charge in [-0.25, -0.2) is 8.78 Å². The van der Waals surface area contributed by atoms with Gasteiger partial charge in [-0.2, -0.15) is 0 Å². The van der Waals surface area contributed by atoms with E-state index in [1.807, 2.05) is 13.8 Å². The summed E-state index contributed by atoms with van der Waals surface area (Å²) < 4.78 is 28.7. The van der Waals surface area contributed by atoms with Gasteiger partial charge in [0.15, 0.2) is 5.78 Å². The number of Topliss-reactive ketones (excluding diaryl/α,β-unsaturated/α-hetero) is 1. The van der Waals surface area contributed by atoms with Crippen LogP contribution in [0.1, 0.15) is 34.6 Å². The number of carbonyl (C=O) groups excluding carboxylic acids is 1. The minimum atomic E-state index is -0.627. The molecule has 1 aromatic heterocycles. The lowest BCUT2D eigenvalue weighted by molar-refractivity contribution is 0.0944. The minimum absolute atomic E-state index is 0.0584. The van der Waals surface area contributed by atoms with Crippen molar-refractivity contribution in [2.24, 2.45) is 0 Å².